The number of likely N-dealkylation sites (N-methyl/N-ethyl adjacent to an activating group) is 1. The minimum Gasteiger partial charge on any atom is -0.506 e. The quantitative estimate of drug-likeness (QED) is 0.321. The van der Waals surface area contributed by atoms with Gasteiger partial charge in [0.15, 0.2) is 5.70 Å². The SMILES string of the molecule is Cc1nc(/C(N)=C(\C(=O)O)N(C)N)ccc1O. The smallest absolute Gasteiger partial charge is 0.355 e. The number of aryl methyl sites for hydroxylation is 1. The molecule has 0 aliphatic heterocycles. The second-order valence-corrected chi connectivity index (χ2v) is 3.48. The second kappa shape index (κ2) is 4.71. The lowest BCUT2D eigenvalue weighted by molar-refractivity contribution is -0.134. The van der Waals surface area contributed by atoms with Gasteiger partial charge >= 0.3 is 5.97 Å². The van der Waals surface area contributed by atoms with E-state index in [0.717, 1.165) is 5.01 Å². The number of aromatic hydroxyl groups is 1. The first-order valence-corrected chi connectivity index (χ1v) is 4.73. The Kier molecular flexibility index (Phi) is 3.54. The summed E-state index contributed by atoms with van der Waals surface area (Å²) in [4.78, 5) is 15.0. The summed E-state index contributed by atoms with van der Waals surface area (Å²) in [6.07, 6.45) is 0. The molecule has 0 radical (unpaired) electrons. The predicted molar refractivity (Wildman–Crippen MR) is 61.3 cm³/mol. The molecule has 0 aliphatic rings. The van der Waals surface area contributed by atoms with Gasteiger partial charge in [0, 0.05) is 7.05 Å². The van der Waals surface area contributed by atoms with Gasteiger partial charge in [-0.3, -0.25) is 0 Å². The van der Waals surface area contributed by atoms with Crippen molar-refractivity contribution in [2.24, 2.45) is 11.6 Å². The Morgan fingerprint density at radius 1 is 1.47 bits per heavy atom. The highest BCUT2D eigenvalue weighted by atomic mass is 16.4. The van der Waals surface area contributed by atoms with Crippen molar-refractivity contribution in [3.63, 3.8) is 0 Å². The van der Waals surface area contributed by atoms with Crippen LogP contribution in [-0.4, -0.2) is 33.2 Å². The van der Waals surface area contributed by atoms with E-state index in [1.54, 1.807) is 6.92 Å². The van der Waals surface area contributed by atoms with E-state index >= 15 is 0 Å². The van der Waals surface area contributed by atoms with E-state index in [1.165, 1.54) is 19.2 Å². The number of carbonyl (C=O) groups is 1. The summed E-state index contributed by atoms with van der Waals surface area (Å²) >= 11 is 0. The molecule has 0 atom stereocenters. The summed E-state index contributed by atoms with van der Waals surface area (Å²) in [6.45, 7) is 1.58. The second-order valence-electron chi connectivity index (χ2n) is 3.48. The first kappa shape index (κ1) is 12.8. The zero-order valence-corrected chi connectivity index (χ0v) is 9.51. The first-order chi connectivity index (χ1) is 7.84. The van der Waals surface area contributed by atoms with Gasteiger partial charge in [0.25, 0.3) is 0 Å². The average molecular weight is 238 g/mol. The monoisotopic (exact) mass is 238 g/mol. The van der Waals surface area contributed by atoms with E-state index in [0.29, 0.717) is 5.69 Å². The van der Waals surface area contributed by atoms with E-state index in [4.69, 9.17) is 16.7 Å². The number of carboxylic acids is 1. The lowest BCUT2D eigenvalue weighted by Gasteiger charge is -2.15. The fraction of sp³-hybridized carbons (Fsp3) is 0.200. The lowest BCUT2D eigenvalue weighted by Crippen LogP contribution is -2.32. The van der Waals surface area contributed by atoms with Crippen LogP contribution < -0.4 is 11.6 Å². The molecule has 7 nitrogen and oxygen atoms in total. The van der Waals surface area contributed by atoms with Crippen molar-refractivity contribution in [1.29, 1.82) is 0 Å². The minimum absolute atomic E-state index is 0.0135. The van der Waals surface area contributed by atoms with Crippen molar-refractivity contribution in [1.82, 2.24) is 9.99 Å². The zero-order chi connectivity index (χ0) is 13.2. The molecule has 0 saturated heterocycles. The van der Waals surface area contributed by atoms with Gasteiger partial charge in [-0.1, -0.05) is 0 Å². The highest BCUT2D eigenvalue weighted by Crippen LogP contribution is 2.18. The molecule has 6 N–H and O–H groups in total. The number of pyridine rings is 1. The molecule has 0 amide bonds. The zero-order valence-electron chi connectivity index (χ0n) is 9.51. The fourth-order valence-electron chi connectivity index (χ4n) is 1.28. The Bertz CT molecular complexity index is 482. The molecular weight excluding hydrogens is 224 g/mol. The van der Waals surface area contributed by atoms with Crippen LogP contribution in [0.5, 0.6) is 5.75 Å². The van der Waals surface area contributed by atoms with E-state index in [1.807, 2.05) is 0 Å². The molecule has 92 valence electrons. The molecule has 0 spiro atoms. The molecule has 0 aliphatic carbocycles. The summed E-state index contributed by atoms with van der Waals surface area (Å²) in [5.41, 5.74) is 5.97. The highest BCUT2D eigenvalue weighted by molar-refractivity contribution is 5.94. The fourth-order valence-corrected chi connectivity index (χ4v) is 1.28. The lowest BCUT2D eigenvalue weighted by atomic mass is 10.2. The molecule has 1 aromatic heterocycles. The first-order valence-electron chi connectivity index (χ1n) is 4.73. The van der Waals surface area contributed by atoms with E-state index in [2.05, 4.69) is 4.98 Å². The van der Waals surface area contributed by atoms with E-state index < -0.39 is 5.97 Å². The topological polar surface area (TPSA) is 126 Å². The number of carboxylic acid groups (broad SMARTS) is 1. The molecule has 1 rings (SSSR count). The molecule has 1 heterocycles. The number of hydrogen-bond acceptors (Lipinski definition) is 6. The Morgan fingerprint density at radius 3 is 2.47 bits per heavy atom. The third-order valence-corrected chi connectivity index (χ3v) is 2.14. The molecule has 0 unspecified atom stereocenters. The molecule has 1 aromatic rings. The summed E-state index contributed by atoms with van der Waals surface area (Å²) < 4.78 is 0. The van der Waals surface area contributed by atoms with Crippen LogP contribution in [0.1, 0.15) is 11.4 Å². The van der Waals surface area contributed by atoms with Crippen molar-refractivity contribution in [3.8, 4) is 5.75 Å². The van der Waals surface area contributed by atoms with Crippen LogP contribution in [-0.2, 0) is 4.79 Å². The Morgan fingerprint density at radius 2 is 2.06 bits per heavy atom. The van der Waals surface area contributed by atoms with Crippen LogP contribution in [0.2, 0.25) is 0 Å². The normalized spacial score (nSPS) is 11.9. The molecule has 0 bridgehead atoms. The summed E-state index contributed by atoms with van der Waals surface area (Å²) in [5.74, 6) is 4.14. The average Bonchev–Trinajstić information content (AvgIpc) is 2.20. The van der Waals surface area contributed by atoms with Gasteiger partial charge < -0.3 is 21.0 Å². The molecule has 0 fully saturated rings. The molecule has 0 saturated carbocycles. The third-order valence-electron chi connectivity index (χ3n) is 2.14. The Balaban J connectivity index is 3.34. The van der Waals surface area contributed by atoms with Crippen LogP contribution in [0.15, 0.2) is 17.8 Å². The molecule has 0 aromatic carbocycles. The van der Waals surface area contributed by atoms with Crippen LogP contribution in [0, 0.1) is 6.92 Å². The molecule has 7 heteroatoms. The van der Waals surface area contributed by atoms with Crippen molar-refractivity contribution >= 4 is 11.7 Å². The van der Waals surface area contributed by atoms with Gasteiger partial charge in [-0.2, -0.15) is 0 Å². The van der Waals surface area contributed by atoms with Crippen molar-refractivity contribution in [2.45, 2.75) is 6.92 Å². The van der Waals surface area contributed by atoms with Gasteiger partial charge in [0.2, 0.25) is 0 Å². The summed E-state index contributed by atoms with van der Waals surface area (Å²) in [6, 6.07) is 2.81. The van der Waals surface area contributed by atoms with Crippen LogP contribution >= 0.6 is 0 Å². The minimum atomic E-state index is -1.25. The van der Waals surface area contributed by atoms with Gasteiger partial charge in [0.1, 0.15) is 5.75 Å². The largest absolute Gasteiger partial charge is 0.506 e. The number of hydrazine groups is 1. The van der Waals surface area contributed by atoms with Crippen molar-refractivity contribution in [3.05, 3.63) is 29.2 Å². The number of aliphatic carboxylic acids is 1. The molecule has 17 heavy (non-hydrogen) atoms. The van der Waals surface area contributed by atoms with E-state index in [9.17, 15) is 9.90 Å². The number of nitrogens with two attached hydrogens (primary N) is 2. The maximum atomic E-state index is 11.0. The van der Waals surface area contributed by atoms with Crippen LogP contribution in [0.4, 0.5) is 0 Å². The molecular formula is C10H14N4O3. The highest BCUT2D eigenvalue weighted by Gasteiger charge is 2.17. The van der Waals surface area contributed by atoms with Gasteiger partial charge in [-0.15, -0.1) is 0 Å². The maximum Gasteiger partial charge on any atom is 0.355 e. The number of nitrogens with zero attached hydrogens (tertiary/aromatic N) is 2. The van der Waals surface area contributed by atoms with E-state index in [-0.39, 0.29) is 22.8 Å². The van der Waals surface area contributed by atoms with Crippen LogP contribution in [0.25, 0.3) is 5.70 Å². The summed E-state index contributed by atoms with van der Waals surface area (Å²) in [5, 5.41) is 19.2. The Labute approximate surface area is 97.9 Å². The standard InChI is InChI=1S/C10H14N4O3/c1-5-7(15)4-3-6(13-5)8(11)9(10(16)17)14(2)12/h3-4,15H,11-12H2,1-2H3,(H,16,17)/b9-8-. The van der Waals surface area contributed by atoms with Crippen LogP contribution in [0.3, 0.4) is 0 Å². The Hall–Kier alpha value is -2.28. The van der Waals surface area contributed by atoms with Gasteiger partial charge in [0.05, 0.1) is 17.1 Å². The number of rotatable bonds is 3. The predicted octanol–water partition coefficient (Wildman–Crippen LogP) is -0.387. The number of hydrogen-bond donors (Lipinski definition) is 4. The van der Waals surface area contributed by atoms with Gasteiger partial charge in [-0.25, -0.2) is 15.6 Å². The van der Waals surface area contributed by atoms with Crippen molar-refractivity contribution in [2.75, 3.05) is 7.05 Å². The maximum absolute atomic E-state index is 11.0. The third kappa shape index (κ3) is 2.64. The van der Waals surface area contributed by atoms with Crippen molar-refractivity contribution < 1.29 is 15.0 Å². The summed E-state index contributed by atoms with van der Waals surface area (Å²) in [7, 11) is 1.36. The number of aromatic nitrogens is 1. The van der Waals surface area contributed by atoms with Gasteiger partial charge in [-0.05, 0) is 19.1 Å².